The molecule has 2 rings (SSSR count). The van der Waals surface area contributed by atoms with Crippen molar-refractivity contribution >= 4 is 11.6 Å². The Labute approximate surface area is 125 Å². The Morgan fingerprint density at radius 1 is 1.24 bits per heavy atom. The molecule has 2 aromatic rings. The standard InChI is InChI=1S/C16H22N4O/c1-4-20(5-2)15-8-6-13(7-9-15)16(21)17-10-14-11-18-19-12(14)3/h6-9,11H,4-5,10H2,1-3H3,(H,17,21)(H,18,19). The minimum Gasteiger partial charge on any atom is -0.372 e. The predicted octanol–water partition coefficient (Wildman–Crippen LogP) is 2.49. The van der Waals surface area contributed by atoms with Crippen molar-refractivity contribution in [3.05, 3.63) is 47.3 Å². The molecule has 0 aliphatic rings. The van der Waals surface area contributed by atoms with Crippen molar-refractivity contribution in [2.75, 3.05) is 18.0 Å². The minimum absolute atomic E-state index is 0.0679. The number of nitrogens with one attached hydrogen (secondary N) is 2. The van der Waals surface area contributed by atoms with Crippen LogP contribution in [0.3, 0.4) is 0 Å². The summed E-state index contributed by atoms with van der Waals surface area (Å²) in [7, 11) is 0. The first-order chi connectivity index (χ1) is 10.2. The third-order valence-electron chi connectivity index (χ3n) is 3.63. The van der Waals surface area contributed by atoms with E-state index in [1.165, 1.54) is 0 Å². The van der Waals surface area contributed by atoms with Crippen LogP contribution in [-0.2, 0) is 6.54 Å². The van der Waals surface area contributed by atoms with Crippen molar-refractivity contribution in [3.63, 3.8) is 0 Å². The second kappa shape index (κ2) is 6.92. The Bertz CT molecular complexity index is 585. The number of amides is 1. The smallest absolute Gasteiger partial charge is 0.251 e. The zero-order valence-electron chi connectivity index (χ0n) is 12.8. The number of carbonyl (C=O) groups is 1. The molecule has 0 aliphatic carbocycles. The van der Waals surface area contributed by atoms with Gasteiger partial charge in [-0.3, -0.25) is 9.89 Å². The number of benzene rings is 1. The van der Waals surface area contributed by atoms with E-state index in [-0.39, 0.29) is 5.91 Å². The largest absolute Gasteiger partial charge is 0.372 e. The lowest BCUT2D eigenvalue weighted by Gasteiger charge is -2.21. The van der Waals surface area contributed by atoms with Crippen LogP contribution in [0.5, 0.6) is 0 Å². The second-order valence-electron chi connectivity index (χ2n) is 4.92. The van der Waals surface area contributed by atoms with Crippen molar-refractivity contribution < 1.29 is 4.79 Å². The quantitative estimate of drug-likeness (QED) is 0.857. The maximum atomic E-state index is 12.1. The van der Waals surface area contributed by atoms with E-state index in [4.69, 9.17) is 0 Å². The molecule has 0 spiro atoms. The zero-order chi connectivity index (χ0) is 15.2. The Hall–Kier alpha value is -2.30. The van der Waals surface area contributed by atoms with Crippen molar-refractivity contribution in [3.8, 4) is 0 Å². The van der Waals surface area contributed by atoms with Crippen molar-refractivity contribution in [2.24, 2.45) is 0 Å². The monoisotopic (exact) mass is 286 g/mol. The molecule has 1 amide bonds. The van der Waals surface area contributed by atoms with Crippen LogP contribution in [-0.4, -0.2) is 29.2 Å². The molecule has 0 saturated carbocycles. The average Bonchev–Trinajstić information content (AvgIpc) is 2.92. The fourth-order valence-corrected chi connectivity index (χ4v) is 2.24. The topological polar surface area (TPSA) is 61.0 Å². The first kappa shape index (κ1) is 15.1. The maximum absolute atomic E-state index is 12.1. The highest BCUT2D eigenvalue weighted by Crippen LogP contribution is 2.15. The van der Waals surface area contributed by atoms with Gasteiger partial charge in [-0.15, -0.1) is 0 Å². The summed E-state index contributed by atoms with van der Waals surface area (Å²) in [5, 5.41) is 9.70. The number of nitrogens with zero attached hydrogens (tertiary/aromatic N) is 2. The zero-order valence-corrected chi connectivity index (χ0v) is 12.8. The van der Waals surface area contributed by atoms with Crippen LogP contribution in [0.1, 0.15) is 35.5 Å². The molecule has 1 aromatic heterocycles. The third-order valence-corrected chi connectivity index (χ3v) is 3.63. The molecule has 0 bridgehead atoms. The summed E-state index contributed by atoms with van der Waals surface area (Å²) in [6.45, 7) is 8.59. The predicted molar refractivity (Wildman–Crippen MR) is 84.5 cm³/mol. The fourth-order valence-electron chi connectivity index (χ4n) is 2.24. The van der Waals surface area contributed by atoms with E-state index in [0.717, 1.165) is 30.0 Å². The van der Waals surface area contributed by atoms with Gasteiger partial charge in [-0.05, 0) is 45.0 Å². The SMILES string of the molecule is CCN(CC)c1ccc(C(=O)NCc2cn[nH]c2C)cc1. The number of rotatable bonds is 6. The van der Waals surface area contributed by atoms with Crippen molar-refractivity contribution in [2.45, 2.75) is 27.3 Å². The molecular weight excluding hydrogens is 264 g/mol. The molecule has 0 fully saturated rings. The molecule has 5 nitrogen and oxygen atoms in total. The first-order valence-electron chi connectivity index (χ1n) is 7.27. The highest BCUT2D eigenvalue weighted by Gasteiger charge is 2.08. The summed E-state index contributed by atoms with van der Waals surface area (Å²) < 4.78 is 0. The molecule has 5 heteroatoms. The van der Waals surface area contributed by atoms with Gasteiger partial charge >= 0.3 is 0 Å². The number of aromatic nitrogens is 2. The van der Waals surface area contributed by atoms with Gasteiger partial charge in [-0.2, -0.15) is 5.10 Å². The third kappa shape index (κ3) is 3.62. The lowest BCUT2D eigenvalue weighted by Crippen LogP contribution is -2.24. The second-order valence-corrected chi connectivity index (χ2v) is 4.92. The van der Waals surface area contributed by atoms with Crippen LogP contribution in [0.2, 0.25) is 0 Å². The molecule has 0 radical (unpaired) electrons. The molecule has 0 unspecified atom stereocenters. The van der Waals surface area contributed by atoms with Gasteiger partial charge in [0.2, 0.25) is 0 Å². The number of aryl methyl sites for hydroxylation is 1. The van der Waals surface area contributed by atoms with Crippen LogP contribution in [0.15, 0.2) is 30.5 Å². The normalized spacial score (nSPS) is 10.4. The van der Waals surface area contributed by atoms with E-state index in [0.29, 0.717) is 12.1 Å². The number of anilines is 1. The van der Waals surface area contributed by atoms with E-state index in [9.17, 15) is 4.79 Å². The Kier molecular flexibility index (Phi) is 4.98. The number of aromatic amines is 1. The number of hydrogen-bond acceptors (Lipinski definition) is 3. The van der Waals surface area contributed by atoms with Crippen LogP contribution >= 0.6 is 0 Å². The average molecular weight is 286 g/mol. The highest BCUT2D eigenvalue weighted by molar-refractivity contribution is 5.94. The summed E-state index contributed by atoms with van der Waals surface area (Å²) in [6, 6.07) is 7.71. The molecule has 0 atom stereocenters. The molecule has 1 aromatic carbocycles. The fraction of sp³-hybridized carbons (Fsp3) is 0.375. The van der Waals surface area contributed by atoms with Gasteiger partial charge in [0.25, 0.3) is 5.91 Å². The Morgan fingerprint density at radius 2 is 1.90 bits per heavy atom. The Balaban J connectivity index is 1.98. The summed E-state index contributed by atoms with van der Waals surface area (Å²) in [4.78, 5) is 14.4. The maximum Gasteiger partial charge on any atom is 0.251 e. The van der Waals surface area contributed by atoms with E-state index in [1.807, 2.05) is 31.2 Å². The molecule has 0 aliphatic heterocycles. The molecule has 1 heterocycles. The number of carbonyl (C=O) groups excluding carboxylic acids is 1. The molecular formula is C16H22N4O. The minimum atomic E-state index is -0.0679. The van der Waals surface area contributed by atoms with E-state index in [1.54, 1.807) is 6.20 Å². The Morgan fingerprint density at radius 3 is 2.43 bits per heavy atom. The van der Waals surface area contributed by atoms with Crippen LogP contribution < -0.4 is 10.2 Å². The van der Waals surface area contributed by atoms with Gasteiger partial charge in [0.1, 0.15) is 0 Å². The van der Waals surface area contributed by atoms with Gasteiger partial charge in [-0.25, -0.2) is 0 Å². The van der Waals surface area contributed by atoms with Crippen LogP contribution in [0, 0.1) is 6.92 Å². The molecule has 112 valence electrons. The molecule has 0 saturated heterocycles. The molecule has 21 heavy (non-hydrogen) atoms. The first-order valence-corrected chi connectivity index (χ1v) is 7.27. The van der Waals surface area contributed by atoms with E-state index >= 15 is 0 Å². The van der Waals surface area contributed by atoms with Crippen molar-refractivity contribution in [1.29, 1.82) is 0 Å². The summed E-state index contributed by atoms with van der Waals surface area (Å²) in [5.41, 5.74) is 3.80. The van der Waals surface area contributed by atoms with Gasteiger partial charge in [0.15, 0.2) is 0 Å². The van der Waals surface area contributed by atoms with Crippen molar-refractivity contribution in [1.82, 2.24) is 15.5 Å². The van der Waals surface area contributed by atoms with Gasteiger partial charge in [0.05, 0.1) is 6.20 Å². The van der Waals surface area contributed by atoms with Crippen LogP contribution in [0.25, 0.3) is 0 Å². The number of hydrogen-bond donors (Lipinski definition) is 2. The molecule has 2 N–H and O–H groups in total. The van der Waals surface area contributed by atoms with E-state index in [2.05, 4.69) is 34.3 Å². The summed E-state index contributed by atoms with van der Waals surface area (Å²) in [5.74, 6) is -0.0679. The summed E-state index contributed by atoms with van der Waals surface area (Å²) >= 11 is 0. The van der Waals surface area contributed by atoms with Gasteiger partial charge in [-0.1, -0.05) is 0 Å². The van der Waals surface area contributed by atoms with Gasteiger partial charge in [0, 0.05) is 42.1 Å². The summed E-state index contributed by atoms with van der Waals surface area (Å²) in [6.07, 6.45) is 1.74. The van der Waals surface area contributed by atoms with Crippen LogP contribution in [0.4, 0.5) is 5.69 Å². The van der Waals surface area contributed by atoms with Gasteiger partial charge < -0.3 is 10.2 Å². The van der Waals surface area contributed by atoms with E-state index < -0.39 is 0 Å². The lowest BCUT2D eigenvalue weighted by atomic mass is 10.1. The lowest BCUT2D eigenvalue weighted by molar-refractivity contribution is 0.0951. The number of H-pyrrole nitrogens is 1. The highest BCUT2D eigenvalue weighted by atomic mass is 16.1.